The molecule has 1 aromatic carbocycles. The molecule has 0 spiro atoms. The third-order valence-electron chi connectivity index (χ3n) is 2.88. The zero-order valence-corrected chi connectivity index (χ0v) is 9.15. The number of allylic oxidation sites excluding steroid dienone is 1. The van der Waals surface area contributed by atoms with Crippen molar-refractivity contribution in [1.29, 1.82) is 0 Å². The van der Waals surface area contributed by atoms with Gasteiger partial charge in [0.2, 0.25) is 0 Å². The minimum absolute atomic E-state index is 0.521. The van der Waals surface area contributed by atoms with E-state index in [4.69, 9.17) is 0 Å². The summed E-state index contributed by atoms with van der Waals surface area (Å²) < 4.78 is 0. The van der Waals surface area contributed by atoms with Crippen molar-refractivity contribution < 1.29 is 0 Å². The first-order valence-corrected chi connectivity index (χ1v) is 5.93. The van der Waals surface area contributed by atoms with E-state index in [-0.39, 0.29) is 0 Å². The molecule has 80 valence electrons. The van der Waals surface area contributed by atoms with Gasteiger partial charge in [-0.3, -0.25) is 0 Å². The fourth-order valence-corrected chi connectivity index (χ4v) is 2.03. The first kappa shape index (κ1) is 10.3. The Labute approximate surface area is 92.2 Å². The number of hydrogen-bond donors (Lipinski definition) is 1. The molecule has 1 nitrogen and oxygen atoms in total. The van der Waals surface area contributed by atoms with Gasteiger partial charge in [0.15, 0.2) is 0 Å². The van der Waals surface area contributed by atoms with Crippen LogP contribution in [0.3, 0.4) is 0 Å². The predicted octanol–water partition coefficient (Wildman–Crippen LogP) is 3.99. The quantitative estimate of drug-likeness (QED) is 0.713. The molecule has 1 heteroatoms. The van der Waals surface area contributed by atoms with E-state index in [2.05, 4.69) is 47.8 Å². The summed E-state index contributed by atoms with van der Waals surface area (Å²) in [5, 5.41) is 3.56. The minimum atomic E-state index is 0.521. The van der Waals surface area contributed by atoms with E-state index >= 15 is 0 Å². The standard InChI is InChI=1S/C14H19N/c1-2-5-9-13(10-6-3-1)15-14-11-7-4-8-12-14/h4-5,7-9,11-13,15H,1-3,6,10H2/b9-5-. The van der Waals surface area contributed by atoms with Crippen LogP contribution in [-0.4, -0.2) is 6.04 Å². The van der Waals surface area contributed by atoms with Crippen LogP contribution in [0.15, 0.2) is 42.5 Å². The fraction of sp³-hybridized carbons (Fsp3) is 0.429. The molecule has 0 amide bonds. The molecule has 2 rings (SSSR count). The molecule has 1 aromatic rings. The molecule has 0 aliphatic heterocycles. The topological polar surface area (TPSA) is 12.0 Å². The van der Waals surface area contributed by atoms with Crippen LogP contribution in [-0.2, 0) is 0 Å². The molecule has 0 aromatic heterocycles. The molecule has 1 aliphatic carbocycles. The first-order chi connectivity index (χ1) is 7.45. The maximum absolute atomic E-state index is 3.56. The van der Waals surface area contributed by atoms with Crippen molar-refractivity contribution in [2.75, 3.05) is 5.32 Å². The largest absolute Gasteiger partial charge is 0.379 e. The summed E-state index contributed by atoms with van der Waals surface area (Å²) in [7, 11) is 0. The Bertz CT molecular complexity index is 302. The van der Waals surface area contributed by atoms with Gasteiger partial charge in [-0.1, -0.05) is 43.2 Å². The lowest BCUT2D eigenvalue weighted by molar-refractivity contribution is 0.610. The molecule has 1 N–H and O–H groups in total. The summed E-state index contributed by atoms with van der Waals surface area (Å²) in [6, 6.07) is 11.0. The molecule has 0 heterocycles. The molecule has 0 saturated heterocycles. The van der Waals surface area contributed by atoms with Crippen molar-refractivity contribution in [2.24, 2.45) is 0 Å². The lowest BCUT2D eigenvalue weighted by atomic mass is 10.0. The van der Waals surface area contributed by atoms with E-state index in [0.29, 0.717) is 6.04 Å². The van der Waals surface area contributed by atoms with Crippen LogP contribution >= 0.6 is 0 Å². The van der Waals surface area contributed by atoms with Crippen LogP contribution in [0.4, 0.5) is 5.69 Å². The molecule has 15 heavy (non-hydrogen) atoms. The number of para-hydroxylation sites is 1. The van der Waals surface area contributed by atoms with Crippen LogP contribution in [0.25, 0.3) is 0 Å². The highest BCUT2D eigenvalue weighted by Gasteiger charge is 2.05. The molecule has 1 atom stereocenters. The van der Waals surface area contributed by atoms with E-state index in [1.807, 2.05) is 0 Å². The van der Waals surface area contributed by atoms with Crippen molar-refractivity contribution in [1.82, 2.24) is 0 Å². The average Bonchev–Trinajstić information content (AvgIpc) is 2.23. The summed E-state index contributed by atoms with van der Waals surface area (Å²) in [4.78, 5) is 0. The molecular formula is C14H19N. The van der Waals surface area contributed by atoms with Crippen LogP contribution in [0.2, 0.25) is 0 Å². The molecule has 1 aliphatic rings. The van der Waals surface area contributed by atoms with Gasteiger partial charge in [-0.05, 0) is 31.4 Å². The van der Waals surface area contributed by atoms with Gasteiger partial charge in [-0.15, -0.1) is 0 Å². The number of nitrogens with one attached hydrogen (secondary N) is 1. The van der Waals surface area contributed by atoms with E-state index < -0.39 is 0 Å². The second-order valence-corrected chi connectivity index (χ2v) is 4.18. The normalized spacial score (nSPS) is 23.9. The molecular weight excluding hydrogens is 182 g/mol. The van der Waals surface area contributed by atoms with Gasteiger partial charge in [0.05, 0.1) is 0 Å². The number of anilines is 1. The third kappa shape index (κ3) is 3.43. The first-order valence-electron chi connectivity index (χ1n) is 5.93. The van der Waals surface area contributed by atoms with Gasteiger partial charge in [0, 0.05) is 11.7 Å². The van der Waals surface area contributed by atoms with Crippen LogP contribution in [0, 0.1) is 0 Å². The number of benzene rings is 1. The van der Waals surface area contributed by atoms with E-state index in [1.54, 1.807) is 0 Å². The van der Waals surface area contributed by atoms with Gasteiger partial charge in [0.25, 0.3) is 0 Å². The zero-order valence-electron chi connectivity index (χ0n) is 9.15. The van der Waals surface area contributed by atoms with Crippen molar-refractivity contribution >= 4 is 5.69 Å². The van der Waals surface area contributed by atoms with Gasteiger partial charge < -0.3 is 5.32 Å². The Morgan fingerprint density at radius 1 is 1.00 bits per heavy atom. The molecule has 0 saturated carbocycles. The van der Waals surface area contributed by atoms with E-state index in [1.165, 1.54) is 37.8 Å². The predicted molar refractivity (Wildman–Crippen MR) is 66.1 cm³/mol. The summed E-state index contributed by atoms with van der Waals surface area (Å²) in [5.74, 6) is 0. The maximum atomic E-state index is 3.56. The van der Waals surface area contributed by atoms with Crippen molar-refractivity contribution in [3.05, 3.63) is 42.5 Å². The van der Waals surface area contributed by atoms with Gasteiger partial charge in [0.1, 0.15) is 0 Å². The summed E-state index contributed by atoms with van der Waals surface area (Å²) in [5.41, 5.74) is 1.23. The monoisotopic (exact) mass is 201 g/mol. The lowest BCUT2D eigenvalue weighted by Crippen LogP contribution is -2.17. The minimum Gasteiger partial charge on any atom is -0.379 e. The number of hydrogen-bond acceptors (Lipinski definition) is 1. The Hall–Kier alpha value is -1.24. The smallest absolute Gasteiger partial charge is 0.0444 e. The summed E-state index contributed by atoms with van der Waals surface area (Å²) >= 11 is 0. The van der Waals surface area contributed by atoms with Crippen molar-refractivity contribution in [3.8, 4) is 0 Å². The van der Waals surface area contributed by atoms with E-state index in [0.717, 1.165) is 0 Å². The van der Waals surface area contributed by atoms with Crippen molar-refractivity contribution in [3.63, 3.8) is 0 Å². The lowest BCUT2D eigenvalue weighted by Gasteiger charge is -2.18. The Morgan fingerprint density at radius 3 is 2.73 bits per heavy atom. The van der Waals surface area contributed by atoms with Gasteiger partial charge in [-0.25, -0.2) is 0 Å². The molecule has 0 bridgehead atoms. The Balaban J connectivity index is 1.95. The highest BCUT2D eigenvalue weighted by Crippen LogP contribution is 2.16. The van der Waals surface area contributed by atoms with Crippen LogP contribution < -0.4 is 5.32 Å². The third-order valence-corrected chi connectivity index (χ3v) is 2.88. The van der Waals surface area contributed by atoms with Crippen LogP contribution in [0.1, 0.15) is 32.1 Å². The highest BCUT2D eigenvalue weighted by atomic mass is 14.9. The SMILES string of the molecule is C1=C\C(Nc2ccccc2)CCCCC/1. The zero-order chi connectivity index (χ0) is 10.3. The molecule has 0 radical (unpaired) electrons. The van der Waals surface area contributed by atoms with E-state index in [9.17, 15) is 0 Å². The van der Waals surface area contributed by atoms with Crippen molar-refractivity contribution in [2.45, 2.75) is 38.1 Å². The fourth-order valence-electron chi connectivity index (χ4n) is 2.03. The maximum Gasteiger partial charge on any atom is 0.0444 e. The second kappa shape index (κ2) is 5.59. The van der Waals surface area contributed by atoms with Gasteiger partial charge in [-0.2, -0.15) is 0 Å². The molecule has 0 fully saturated rings. The highest BCUT2D eigenvalue weighted by molar-refractivity contribution is 5.44. The van der Waals surface area contributed by atoms with Crippen LogP contribution in [0.5, 0.6) is 0 Å². The molecule has 1 unspecified atom stereocenters. The van der Waals surface area contributed by atoms with Gasteiger partial charge >= 0.3 is 0 Å². The summed E-state index contributed by atoms with van der Waals surface area (Å²) in [6.07, 6.45) is 11.2. The summed E-state index contributed by atoms with van der Waals surface area (Å²) in [6.45, 7) is 0. The Morgan fingerprint density at radius 2 is 1.87 bits per heavy atom. The average molecular weight is 201 g/mol. The second-order valence-electron chi connectivity index (χ2n) is 4.18. The Kier molecular flexibility index (Phi) is 3.84. The number of rotatable bonds is 2.